The Morgan fingerprint density at radius 2 is 2.04 bits per heavy atom. The molecule has 6 heteroatoms. The number of benzene rings is 1. The van der Waals surface area contributed by atoms with Crippen molar-refractivity contribution in [1.82, 2.24) is 0 Å². The Bertz CT molecular complexity index is 662. The summed E-state index contributed by atoms with van der Waals surface area (Å²) in [6.07, 6.45) is -0.827. The van der Waals surface area contributed by atoms with E-state index in [0.717, 1.165) is 22.5 Å². The van der Waals surface area contributed by atoms with Crippen molar-refractivity contribution in [3.63, 3.8) is 0 Å². The van der Waals surface area contributed by atoms with Crippen LogP contribution >= 0.6 is 0 Å². The minimum atomic E-state index is -0.827. The zero-order valence-corrected chi connectivity index (χ0v) is 15.7. The molecule has 0 amide bonds. The van der Waals surface area contributed by atoms with Crippen LogP contribution in [0.15, 0.2) is 35.4 Å². The standard InChI is InChI=1S/C20H26O6/c1-5-23-19(22)17(11-25-20(26-12-21)14(4)13(2)3)16-10-24-18-9-7-6-8-15(16)18/h6-9,12,16-17,20H,5,10-11H2,1-4H3. The summed E-state index contributed by atoms with van der Waals surface area (Å²) in [6.45, 7) is 8.48. The van der Waals surface area contributed by atoms with Gasteiger partial charge >= 0.3 is 5.97 Å². The molecular formula is C20H26O6. The van der Waals surface area contributed by atoms with Crippen LogP contribution in [0.4, 0.5) is 0 Å². The predicted octanol–water partition coefficient (Wildman–Crippen LogP) is 3.21. The van der Waals surface area contributed by atoms with Crippen LogP contribution < -0.4 is 4.74 Å². The molecule has 1 aliphatic heterocycles. The highest BCUT2D eigenvalue weighted by molar-refractivity contribution is 5.74. The van der Waals surface area contributed by atoms with E-state index >= 15 is 0 Å². The van der Waals surface area contributed by atoms with Gasteiger partial charge in [-0.3, -0.25) is 9.59 Å². The maximum atomic E-state index is 12.5. The van der Waals surface area contributed by atoms with Crippen molar-refractivity contribution in [2.24, 2.45) is 5.92 Å². The lowest BCUT2D eigenvalue weighted by atomic mass is 9.88. The predicted molar refractivity (Wildman–Crippen MR) is 95.7 cm³/mol. The average Bonchev–Trinajstić information content (AvgIpc) is 3.04. The molecule has 1 aromatic rings. The molecule has 1 aromatic carbocycles. The van der Waals surface area contributed by atoms with E-state index < -0.39 is 12.2 Å². The van der Waals surface area contributed by atoms with E-state index in [1.54, 1.807) is 6.92 Å². The lowest BCUT2D eigenvalue weighted by molar-refractivity contribution is -0.165. The van der Waals surface area contributed by atoms with Gasteiger partial charge in [0.25, 0.3) is 6.47 Å². The topological polar surface area (TPSA) is 71.1 Å². The number of hydrogen-bond acceptors (Lipinski definition) is 6. The molecule has 0 spiro atoms. The van der Waals surface area contributed by atoms with Gasteiger partial charge in [0.05, 0.1) is 25.7 Å². The van der Waals surface area contributed by atoms with Crippen LogP contribution in [0.1, 0.15) is 39.2 Å². The van der Waals surface area contributed by atoms with Gasteiger partial charge in [0, 0.05) is 11.5 Å². The number of carbonyl (C=O) groups is 2. The normalized spacial score (nSPS) is 17.5. The van der Waals surface area contributed by atoms with E-state index in [4.69, 9.17) is 18.9 Å². The number of ether oxygens (including phenoxy) is 4. The summed E-state index contributed by atoms with van der Waals surface area (Å²) >= 11 is 0. The van der Waals surface area contributed by atoms with E-state index in [2.05, 4.69) is 0 Å². The van der Waals surface area contributed by atoms with Crippen LogP contribution in [0.5, 0.6) is 5.75 Å². The summed E-state index contributed by atoms with van der Waals surface area (Å²) < 4.78 is 21.8. The summed E-state index contributed by atoms with van der Waals surface area (Å²) in [6, 6.07) is 7.63. The highest BCUT2D eigenvalue weighted by atomic mass is 16.7. The van der Waals surface area contributed by atoms with Crippen LogP contribution in [-0.2, 0) is 23.8 Å². The fraction of sp³-hybridized carbons (Fsp3) is 0.500. The fourth-order valence-electron chi connectivity index (χ4n) is 2.86. The number of allylic oxidation sites excluding steroid dienone is 1. The van der Waals surface area contributed by atoms with Gasteiger partial charge in [0.15, 0.2) is 0 Å². The average molecular weight is 362 g/mol. The summed E-state index contributed by atoms with van der Waals surface area (Å²) in [4.78, 5) is 23.3. The van der Waals surface area contributed by atoms with Gasteiger partial charge in [-0.15, -0.1) is 0 Å². The zero-order valence-electron chi connectivity index (χ0n) is 15.7. The number of para-hydroxylation sites is 1. The molecule has 6 nitrogen and oxygen atoms in total. The molecule has 0 aromatic heterocycles. The van der Waals surface area contributed by atoms with Crippen LogP contribution in [0, 0.1) is 5.92 Å². The molecule has 3 unspecified atom stereocenters. The minimum absolute atomic E-state index is 0.0598. The molecule has 1 heterocycles. The molecule has 0 radical (unpaired) electrons. The number of carbonyl (C=O) groups excluding carboxylic acids is 2. The van der Waals surface area contributed by atoms with E-state index in [0.29, 0.717) is 13.1 Å². The zero-order chi connectivity index (χ0) is 19.1. The first-order valence-corrected chi connectivity index (χ1v) is 8.72. The van der Waals surface area contributed by atoms with Crippen molar-refractivity contribution >= 4 is 12.4 Å². The second-order valence-electron chi connectivity index (χ2n) is 6.39. The Kier molecular flexibility index (Phi) is 7.21. The third-order valence-corrected chi connectivity index (χ3v) is 4.56. The molecule has 0 saturated carbocycles. The SMILES string of the molecule is CCOC(=O)C(COC(OC=O)C(C)=C(C)C)C1COc2ccccc21. The number of rotatable bonds is 9. The molecule has 0 saturated heterocycles. The van der Waals surface area contributed by atoms with Crippen molar-refractivity contribution in [2.45, 2.75) is 39.9 Å². The second kappa shape index (κ2) is 9.38. The molecule has 1 aliphatic rings. The van der Waals surface area contributed by atoms with Crippen LogP contribution in [0.3, 0.4) is 0 Å². The molecule has 0 N–H and O–H groups in total. The van der Waals surface area contributed by atoms with E-state index in [-0.39, 0.29) is 25.1 Å². The van der Waals surface area contributed by atoms with Crippen molar-refractivity contribution in [2.75, 3.05) is 19.8 Å². The van der Waals surface area contributed by atoms with E-state index in [1.807, 2.05) is 45.0 Å². The van der Waals surface area contributed by atoms with Crippen molar-refractivity contribution < 1.29 is 28.5 Å². The first-order valence-electron chi connectivity index (χ1n) is 8.72. The summed E-state index contributed by atoms with van der Waals surface area (Å²) in [7, 11) is 0. The van der Waals surface area contributed by atoms with E-state index in [1.165, 1.54) is 0 Å². The lowest BCUT2D eigenvalue weighted by Crippen LogP contribution is -2.32. The number of esters is 1. The highest BCUT2D eigenvalue weighted by Gasteiger charge is 2.37. The van der Waals surface area contributed by atoms with Gasteiger partial charge in [-0.2, -0.15) is 0 Å². The third kappa shape index (κ3) is 4.64. The van der Waals surface area contributed by atoms with Gasteiger partial charge in [0.1, 0.15) is 5.75 Å². The van der Waals surface area contributed by atoms with Gasteiger partial charge in [-0.1, -0.05) is 23.8 Å². The molecule has 0 bridgehead atoms. The minimum Gasteiger partial charge on any atom is -0.493 e. The summed E-state index contributed by atoms with van der Waals surface area (Å²) in [5.41, 5.74) is 2.74. The Morgan fingerprint density at radius 3 is 2.69 bits per heavy atom. The van der Waals surface area contributed by atoms with Crippen molar-refractivity contribution in [3.8, 4) is 5.75 Å². The van der Waals surface area contributed by atoms with Gasteiger partial charge < -0.3 is 18.9 Å². The Labute approximate surface area is 154 Å². The van der Waals surface area contributed by atoms with Gasteiger partial charge in [-0.25, -0.2) is 0 Å². The molecule has 3 atom stereocenters. The Morgan fingerprint density at radius 1 is 1.31 bits per heavy atom. The first-order chi connectivity index (χ1) is 12.5. The molecule has 26 heavy (non-hydrogen) atoms. The molecule has 2 rings (SSSR count). The molecular weight excluding hydrogens is 336 g/mol. The van der Waals surface area contributed by atoms with Crippen LogP contribution in [-0.4, -0.2) is 38.6 Å². The number of hydrogen-bond donors (Lipinski definition) is 0. The van der Waals surface area contributed by atoms with Crippen molar-refractivity contribution in [3.05, 3.63) is 41.0 Å². The maximum Gasteiger partial charge on any atom is 0.312 e. The summed E-state index contributed by atoms with van der Waals surface area (Å²) in [5, 5.41) is 0. The van der Waals surface area contributed by atoms with Gasteiger partial charge in [0.2, 0.25) is 6.29 Å². The Balaban J connectivity index is 2.19. The van der Waals surface area contributed by atoms with E-state index in [9.17, 15) is 9.59 Å². The molecule has 0 fully saturated rings. The monoisotopic (exact) mass is 362 g/mol. The first kappa shape index (κ1) is 20.0. The van der Waals surface area contributed by atoms with Crippen molar-refractivity contribution in [1.29, 1.82) is 0 Å². The number of fused-ring (bicyclic) bond motifs is 1. The van der Waals surface area contributed by atoms with Crippen LogP contribution in [0.2, 0.25) is 0 Å². The smallest absolute Gasteiger partial charge is 0.312 e. The molecule has 0 aliphatic carbocycles. The Hall–Kier alpha value is -2.34. The quantitative estimate of drug-likeness (QED) is 0.291. The highest BCUT2D eigenvalue weighted by Crippen LogP contribution is 2.39. The maximum absolute atomic E-state index is 12.5. The second-order valence-corrected chi connectivity index (χ2v) is 6.39. The fourth-order valence-corrected chi connectivity index (χ4v) is 2.86. The molecule has 142 valence electrons. The van der Waals surface area contributed by atoms with Gasteiger partial charge in [-0.05, 0) is 39.3 Å². The third-order valence-electron chi connectivity index (χ3n) is 4.56. The largest absolute Gasteiger partial charge is 0.493 e. The van der Waals surface area contributed by atoms with Crippen LogP contribution in [0.25, 0.3) is 0 Å². The summed E-state index contributed by atoms with van der Waals surface area (Å²) in [5.74, 6) is -0.305. The lowest BCUT2D eigenvalue weighted by Gasteiger charge is -2.24.